The summed E-state index contributed by atoms with van der Waals surface area (Å²) in [5, 5.41) is 16.4. The Kier molecular flexibility index (Phi) is 8.30. The molecule has 2 heterocycles. The van der Waals surface area contributed by atoms with Gasteiger partial charge in [-0.25, -0.2) is 15.4 Å². The van der Waals surface area contributed by atoms with Crippen LogP contribution in [-0.4, -0.2) is 32.6 Å². The second-order valence-corrected chi connectivity index (χ2v) is 8.65. The third kappa shape index (κ3) is 6.58. The van der Waals surface area contributed by atoms with E-state index in [-0.39, 0.29) is 11.9 Å². The van der Waals surface area contributed by atoms with Crippen LogP contribution in [0.4, 0.5) is 11.5 Å². The van der Waals surface area contributed by atoms with E-state index < -0.39 is 0 Å². The Morgan fingerprint density at radius 1 is 1.00 bits per heavy atom. The van der Waals surface area contributed by atoms with Gasteiger partial charge in [-0.15, -0.1) is 0 Å². The largest absolute Gasteiger partial charge is 0.385 e. The molecule has 0 saturated carbocycles. The van der Waals surface area contributed by atoms with Crippen molar-refractivity contribution in [2.45, 2.75) is 45.1 Å². The number of nitrogens with one attached hydrogen (secondary N) is 4. The number of carbonyl (C=O) groups excluding carboxylic acids is 1. The average molecular weight is 473 g/mol. The van der Waals surface area contributed by atoms with Gasteiger partial charge in [-0.1, -0.05) is 55.3 Å². The van der Waals surface area contributed by atoms with Crippen LogP contribution in [-0.2, 0) is 4.79 Å². The third-order valence-electron chi connectivity index (χ3n) is 6.06. The Balaban J connectivity index is 1.33. The lowest BCUT2D eigenvalue weighted by Gasteiger charge is -2.15. The number of H-pyrrole nitrogens is 1. The maximum atomic E-state index is 11.0. The zero-order valence-corrected chi connectivity index (χ0v) is 19.9. The van der Waals surface area contributed by atoms with Gasteiger partial charge in [0.2, 0.25) is 5.91 Å². The number of aromatic amines is 1. The maximum absolute atomic E-state index is 11.0. The molecule has 0 aliphatic rings. The van der Waals surface area contributed by atoms with Crippen LogP contribution in [0.2, 0.25) is 0 Å². The van der Waals surface area contributed by atoms with E-state index in [4.69, 9.17) is 5.21 Å². The van der Waals surface area contributed by atoms with Crippen molar-refractivity contribution in [1.82, 2.24) is 20.4 Å². The minimum absolute atomic E-state index is 0.123. The van der Waals surface area contributed by atoms with E-state index in [1.807, 2.05) is 18.2 Å². The molecule has 0 fully saturated rings. The van der Waals surface area contributed by atoms with Crippen molar-refractivity contribution >= 4 is 28.4 Å². The maximum Gasteiger partial charge on any atom is 0.243 e. The van der Waals surface area contributed by atoms with Crippen LogP contribution in [0, 0.1) is 0 Å². The number of hydroxylamine groups is 1. The Hall–Kier alpha value is -3.91. The van der Waals surface area contributed by atoms with Crippen LogP contribution >= 0.6 is 0 Å². The van der Waals surface area contributed by atoms with Crippen LogP contribution in [0.15, 0.2) is 67.0 Å². The molecule has 182 valence electrons. The van der Waals surface area contributed by atoms with Gasteiger partial charge in [0, 0.05) is 30.4 Å². The molecule has 35 heavy (non-hydrogen) atoms. The second-order valence-electron chi connectivity index (χ2n) is 8.65. The number of fused-ring (bicyclic) bond motifs is 1. The number of nitrogens with zero attached hydrogens (tertiary/aromatic N) is 2. The number of carbonyl (C=O) groups is 1. The van der Waals surface area contributed by atoms with E-state index in [1.54, 1.807) is 11.8 Å². The number of hydrogen-bond donors (Lipinski definition) is 5. The number of rotatable bonds is 12. The van der Waals surface area contributed by atoms with Crippen molar-refractivity contribution in [1.29, 1.82) is 0 Å². The van der Waals surface area contributed by atoms with E-state index in [9.17, 15) is 4.79 Å². The number of aromatic nitrogens is 3. The Morgan fingerprint density at radius 2 is 1.77 bits per heavy atom. The fourth-order valence-corrected chi connectivity index (χ4v) is 4.06. The molecule has 1 amide bonds. The van der Waals surface area contributed by atoms with Crippen LogP contribution in [0.1, 0.15) is 50.6 Å². The normalized spacial score (nSPS) is 11.8. The first-order valence-electron chi connectivity index (χ1n) is 12.1. The first-order chi connectivity index (χ1) is 17.1. The smallest absolute Gasteiger partial charge is 0.243 e. The average Bonchev–Trinajstić information content (AvgIpc) is 3.34. The molecule has 5 N–H and O–H groups in total. The number of hydrogen-bond acceptors (Lipinski definition) is 6. The summed E-state index contributed by atoms with van der Waals surface area (Å²) in [6.07, 6.45) is 5.78. The monoisotopic (exact) mass is 472 g/mol. The molecule has 0 radical (unpaired) electrons. The standard InChI is InChI=1S/C27H32N6O2/c1-19(20-9-5-4-6-10-20)31-26-23-17-24(32-27(23)30-18-29-26)21-12-14-22(15-13-21)28-16-8-3-2-7-11-25(34)33-35/h4-6,9-10,12-15,17-19,28,35H,2-3,7-8,11,16H2,1H3,(H,33,34)(H2,29,30,31,32). The molecule has 8 nitrogen and oxygen atoms in total. The Morgan fingerprint density at radius 3 is 2.54 bits per heavy atom. The minimum atomic E-state index is -0.320. The van der Waals surface area contributed by atoms with Crippen molar-refractivity contribution in [2.24, 2.45) is 0 Å². The molecule has 0 saturated heterocycles. The van der Waals surface area contributed by atoms with Gasteiger partial charge in [-0.05, 0) is 49.1 Å². The first kappa shape index (κ1) is 24.2. The second kappa shape index (κ2) is 12.0. The number of unbranched alkanes of at least 4 members (excludes halogenated alkanes) is 3. The van der Waals surface area contributed by atoms with Crippen molar-refractivity contribution in [3.63, 3.8) is 0 Å². The van der Waals surface area contributed by atoms with Gasteiger partial charge in [-0.2, -0.15) is 0 Å². The van der Waals surface area contributed by atoms with Crippen molar-refractivity contribution < 1.29 is 10.0 Å². The SMILES string of the molecule is CC(Nc1ncnc2[nH]c(-c3ccc(NCCCCCCC(=O)NO)cc3)cc12)c1ccccc1. The molecule has 0 spiro atoms. The van der Waals surface area contributed by atoms with E-state index in [2.05, 4.69) is 75.0 Å². The van der Waals surface area contributed by atoms with E-state index >= 15 is 0 Å². The highest BCUT2D eigenvalue weighted by molar-refractivity contribution is 5.91. The molecule has 0 bridgehead atoms. The molecule has 2 aromatic heterocycles. The van der Waals surface area contributed by atoms with Gasteiger partial charge < -0.3 is 15.6 Å². The molecule has 4 rings (SSSR count). The molecule has 1 unspecified atom stereocenters. The van der Waals surface area contributed by atoms with Gasteiger partial charge in [0.15, 0.2) is 0 Å². The quantitative estimate of drug-likeness (QED) is 0.103. The molecule has 0 aliphatic carbocycles. The van der Waals surface area contributed by atoms with Crippen LogP contribution < -0.4 is 16.1 Å². The third-order valence-corrected chi connectivity index (χ3v) is 6.06. The van der Waals surface area contributed by atoms with E-state index in [1.165, 1.54) is 5.56 Å². The lowest BCUT2D eigenvalue weighted by atomic mass is 10.1. The Bertz CT molecular complexity index is 1220. The highest BCUT2D eigenvalue weighted by Gasteiger charge is 2.12. The lowest BCUT2D eigenvalue weighted by Crippen LogP contribution is -2.17. The number of benzene rings is 2. The summed E-state index contributed by atoms with van der Waals surface area (Å²) in [4.78, 5) is 23.3. The highest BCUT2D eigenvalue weighted by atomic mass is 16.5. The predicted octanol–water partition coefficient (Wildman–Crippen LogP) is 5.67. The van der Waals surface area contributed by atoms with Gasteiger partial charge in [0.25, 0.3) is 0 Å². The lowest BCUT2D eigenvalue weighted by molar-refractivity contribution is -0.129. The van der Waals surface area contributed by atoms with Crippen LogP contribution in [0.5, 0.6) is 0 Å². The molecule has 1 atom stereocenters. The minimum Gasteiger partial charge on any atom is -0.385 e. The van der Waals surface area contributed by atoms with Crippen molar-refractivity contribution in [3.05, 3.63) is 72.6 Å². The summed E-state index contributed by atoms with van der Waals surface area (Å²) in [7, 11) is 0. The van der Waals surface area contributed by atoms with Crippen LogP contribution in [0.25, 0.3) is 22.3 Å². The first-order valence-corrected chi connectivity index (χ1v) is 12.1. The van der Waals surface area contributed by atoms with Gasteiger partial charge >= 0.3 is 0 Å². The zero-order chi connectivity index (χ0) is 24.5. The summed E-state index contributed by atoms with van der Waals surface area (Å²) >= 11 is 0. The molecular formula is C27H32N6O2. The van der Waals surface area contributed by atoms with Gasteiger partial charge in [-0.3, -0.25) is 10.0 Å². The molecular weight excluding hydrogens is 440 g/mol. The van der Waals surface area contributed by atoms with Gasteiger partial charge in [0.1, 0.15) is 17.8 Å². The van der Waals surface area contributed by atoms with E-state index in [0.717, 1.165) is 66.0 Å². The molecule has 4 aromatic rings. The molecule has 2 aromatic carbocycles. The number of amides is 1. The van der Waals surface area contributed by atoms with E-state index in [0.29, 0.717) is 6.42 Å². The summed E-state index contributed by atoms with van der Waals surface area (Å²) < 4.78 is 0. The number of anilines is 2. The topological polar surface area (TPSA) is 115 Å². The van der Waals surface area contributed by atoms with Crippen LogP contribution in [0.3, 0.4) is 0 Å². The fraction of sp³-hybridized carbons (Fsp3) is 0.296. The molecule has 8 heteroatoms. The summed E-state index contributed by atoms with van der Waals surface area (Å²) in [6, 6.07) is 20.9. The fourth-order valence-electron chi connectivity index (χ4n) is 4.06. The highest BCUT2D eigenvalue weighted by Crippen LogP contribution is 2.29. The van der Waals surface area contributed by atoms with Crippen molar-refractivity contribution in [3.8, 4) is 11.3 Å². The summed E-state index contributed by atoms with van der Waals surface area (Å²) in [5.41, 5.74) is 6.82. The molecule has 0 aliphatic heterocycles. The summed E-state index contributed by atoms with van der Waals surface area (Å²) in [6.45, 7) is 3.00. The summed E-state index contributed by atoms with van der Waals surface area (Å²) in [5.74, 6) is 0.489. The van der Waals surface area contributed by atoms with Crippen molar-refractivity contribution in [2.75, 3.05) is 17.2 Å². The Labute approximate surface area is 205 Å². The predicted molar refractivity (Wildman–Crippen MR) is 139 cm³/mol. The van der Waals surface area contributed by atoms with Gasteiger partial charge in [0.05, 0.1) is 5.39 Å². The zero-order valence-electron chi connectivity index (χ0n) is 19.9.